The molecule has 4 nitrogen and oxygen atoms in total. The third-order valence-electron chi connectivity index (χ3n) is 2.37. The molecule has 0 amide bonds. The number of hydrogen-bond acceptors (Lipinski definition) is 4. The van der Waals surface area contributed by atoms with E-state index >= 15 is 0 Å². The lowest BCUT2D eigenvalue weighted by Gasteiger charge is -2.11. The summed E-state index contributed by atoms with van der Waals surface area (Å²) < 4.78 is 29.4. The van der Waals surface area contributed by atoms with Crippen LogP contribution in [-0.4, -0.2) is 13.5 Å². The summed E-state index contributed by atoms with van der Waals surface area (Å²) in [6.45, 7) is 0. The number of aromatic hydroxyl groups is 1. The first-order valence-electron chi connectivity index (χ1n) is 5.29. The molecule has 0 spiro atoms. The second-order valence-corrected chi connectivity index (χ2v) is 6.93. The predicted octanol–water partition coefficient (Wildman–Crippen LogP) is 4.77. The van der Waals surface area contributed by atoms with Gasteiger partial charge in [0, 0.05) is 5.02 Å². The predicted molar refractivity (Wildman–Crippen MR) is 82.4 cm³/mol. The minimum absolute atomic E-state index is 0.00141. The van der Waals surface area contributed by atoms with E-state index in [1.54, 1.807) is 0 Å². The van der Waals surface area contributed by atoms with E-state index in [9.17, 15) is 13.5 Å². The summed E-state index contributed by atoms with van der Waals surface area (Å²) in [5.74, 6) is -0.581. The van der Waals surface area contributed by atoms with Crippen LogP contribution in [0.25, 0.3) is 0 Å². The van der Waals surface area contributed by atoms with Gasteiger partial charge in [-0.15, -0.1) is 0 Å². The summed E-state index contributed by atoms with van der Waals surface area (Å²) in [6, 6.07) is 6.36. The maximum Gasteiger partial charge on any atom is 0.342 e. The van der Waals surface area contributed by atoms with E-state index in [-0.39, 0.29) is 15.8 Å². The standard InChI is InChI=1S/C12H6Cl4O4S/c13-6-1-4-10(8(15)5-6)20-21(18,19)12-7(14)2-3-9(17)11(12)16/h1-5,17H. The van der Waals surface area contributed by atoms with Crippen molar-refractivity contribution in [1.29, 1.82) is 0 Å². The van der Waals surface area contributed by atoms with Crippen molar-refractivity contribution in [2.75, 3.05) is 0 Å². The lowest BCUT2D eigenvalue weighted by molar-refractivity contribution is 0.468. The molecule has 2 rings (SSSR count). The molecule has 0 atom stereocenters. The van der Waals surface area contributed by atoms with Gasteiger partial charge in [-0.05, 0) is 30.3 Å². The largest absolute Gasteiger partial charge is 0.506 e. The highest BCUT2D eigenvalue weighted by atomic mass is 35.5. The van der Waals surface area contributed by atoms with Crippen molar-refractivity contribution in [2.24, 2.45) is 0 Å². The van der Waals surface area contributed by atoms with Gasteiger partial charge in [0.15, 0.2) is 5.75 Å². The summed E-state index contributed by atoms with van der Waals surface area (Å²) in [4.78, 5) is -0.545. The Balaban J connectivity index is 2.51. The molecule has 112 valence electrons. The van der Waals surface area contributed by atoms with E-state index in [0.717, 1.165) is 0 Å². The van der Waals surface area contributed by atoms with Crippen LogP contribution < -0.4 is 4.18 Å². The van der Waals surface area contributed by atoms with Gasteiger partial charge in [-0.25, -0.2) is 0 Å². The monoisotopic (exact) mass is 386 g/mol. The second-order valence-electron chi connectivity index (χ2n) is 3.82. The molecular weight excluding hydrogens is 382 g/mol. The zero-order valence-electron chi connectivity index (χ0n) is 9.98. The average Bonchev–Trinajstić information content (AvgIpc) is 2.37. The topological polar surface area (TPSA) is 63.6 Å². The fourth-order valence-electron chi connectivity index (χ4n) is 1.45. The van der Waals surface area contributed by atoms with Crippen LogP contribution in [0.3, 0.4) is 0 Å². The Morgan fingerprint density at radius 1 is 0.952 bits per heavy atom. The third kappa shape index (κ3) is 3.49. The Hall–Kier alpha value is -0.850. The quantitative estimate of drug-likeness (QED) is 0.770. The third-order valence-corrected chi connectivity index (χ3v) is 5.15. The lowest BCUT2D eigenvalue weighted by Crippen LogP contribution is -2.11. The Bertz CT molecular complexity index is 805. The van der Waals surface area contributed by atoms with Crippen LogP contribution in [0.15, 0.2) is 35.2 Å². The molecule has 0 aromatic heterocycles. The molecule has 0 aliphatic heterocycles. The first-order valence-corrected chi connectivity index (χ1v) is 8.21. The summed E-state index contributed by atoms with van der Waals surface area (Å²) in [6.07, 6.45) is 0. The van der Waals surface area contributed by atoms with Gasteiger partial charge in [-0.1, -0.05) is 46.4 Å². The van der Waals surface area contributed by atoms with Crippen LogP contribution in [0.2, 0.25) is 20.1 Å². The molecule has 0 fully saturated rings. The van der Waals surface area contributed by atoms with E-state index in [2.05, 4.69) is 0 Å². The SMILES string of the molecule is O=S(=O)(Oc1ccc(Cl)cc1Cl)c1c(Cl)ccc(O)c1Cl. The number of hydrogen-bond donors (Lipinski definition) is 1. The van der Waals surface area contributed by atoms with Crippen molar-refractivity contribution in [3.05, 3.63) is 50.4 Å². The zero-order chi connectivity index (χ0) is 15.8. The van der Waals surface area contributed by atoms with Gasteiger partial charge in [0.05, 0.1) is 10.0 Å². The van der Waals surface area contributed by atoms with Gasteiger partial charge < -0.3 is 9.29 Å². The molecule has 0 aliphatic rings. The Labute approximate surface area is 140 Å². The van der Waals surface area contributed by atoms with Crippen molar-refractivity contribution in [2.45, 2.75) is 4.90 Å². The van der Waals surface area contributed by atoms with Gasteiger partial charge in [-0.3, -0.25) is 0 Å². The first kappa shape index (κ1) is 16.5. The molecule has 0 aliphatic carbocycles. The fourth-order valence-corrected chi connectivity index (χ4v) is 3.98. The molecule has 21 heavy (non-hydrogen) atoms. The number of phenols is 1. The van der Waals surface area contributed by atoms with Crippen molar-refractivity contribution in [1.82, 2.24) is 0 Å². The van der Waals surface area contributed by atoms with Gasteiger partial charge in [0.1, 0.15) is 15.7 Å². The summed E-state index contributed by atoms with van der Waals surface area (Å²) in [5.41, 5.74) is 0. The van der Waals surface area contributed by atoms with E-state index in [1.165, 1.54) is 30.3 Å². The maximum absolute atomic E-state index is 12.2. The summed E-state index contributed by atoms with van der Waals surface area (Å²) in [7, 11) is -4.38. The Kier molecular flexibility index (Phi) is 4.80. The number of halogens is 4. The Morgan fingerprint density at radius 3 is 2.24 bits per heavy atom. The average molecular weight is 388 g/mol. The number of phenolic OH excluding ortho intramolecular Hbond substituents is 1. The molecule has 9 heteroatoms. The van der Waals surface area contributed by atoms with Crippen molar-refractivity contribution in [3.8, 4) is 11.5 Å². The Morgan fingerprint density at radius 2 is 1.62 bits per heavy atom. The van der Waals surface area contributed by atoms with Crippen molar-refractivity contribution in [3.63, 3.8) is 0 Å². The van der Waals surface area contributed by atoms with Crippen LogP contribution in [0.1, 0.15) is 0 Å². The van der Waals surface area contributed by atoms with Crippen LogP contribution in [0, 0.1) is 0 Å². The van der Waals surface area contributed by atoms with Gasteiger partial charge >= 0.3 is 10.1 Å². The normalized spacial score (nSPS) is 11.4. The highest BCUT2D eigenvalue weighted by molar-refractivity contribution is 7.87. The zero-order valence-corrected chi connectivity index (χ0v) is 13.8. The molecule has 2 aromatic rings. The van der Waals surface area contributed by atoms with E-state index in [1.807, 2.05) is 0 Å². The minimum Gasteiger partial charge on any atom is -0.506 e. The molecule has 0 unspecified atom stereocenters. The van der Waals surface area contributed by atoms with Gasteiger partial charge in [-0.2, -0.15) is 8.42 Å². The van der Waals surface area contributed by atoms with Gasteiger partial charge in [0.2, 0.25) is 0 Å². The molecule has 0 radical (unpaired) electrons. The smallest absolute Gasteiger partial charge is 0.342 e. The van der Waals surface area contributed by atoms with E-state index in [0.29, 0.717) is 5.02 Å². The fraction of sp³-hybridized carbons (Fsp3) is 0. The lowest BCUT2D eigenvalue weighted by atomic mass is 10.3. The van der Waals surface area contributed by atoms with Crippen LogP contribution >= 0.6 is 46.4 Å². The molecule has 0 saturated heterocycles. The summed E-state index contributed by atoms with van der Waals surface area (Å²) in [5, 5.41) is 9.18. The molecule has 0 heterocycles. The maximum atomic E-state index is 12.2. The molecule has 0 bridgehead atoms. The van der Waals surface area contributed by atoms with Gasteiger partial charge in [0.25, 0.3) is 0 Å². The highest BCUT2D eigenvalue weighted by Gasteiger charge is 2.27. The second kappa shape index (κ2) is 6.10. The molecule has 2 aromatic carbocycles. The van der Waals surface area contributed by atoms with Crippen molar-refractivity contribution < 1.29 is 17.7 Å². The minimum atomic E-state index is -4.38. The van der Waals surface area contributed by atoms with E-state index in [4.69, 9.17) is 50.6 Å². The van der Waals surface area contributed by atoms with Crippen LogP contribution in [0.5, 0.6) is 11.5 Å². The first-order chi connectivity index (χ1) is 9.72. The van der Waals surface area contributed by atoms with E-state index < -0.39 is 25.8 Å². The molecular formula is C12H6Cl4O4S. The molecule has 1 N–H and O–H groups in total. The van der Waals surface area contributed by atoms with Crippen LogP contribution in [-0.2, 0) is 10.1 Å². The molecule has 0 saturated carbocycles. The van der Waals surface area contributed by atoms with Crippen LogP contribution in [0.4, 0.5) is 0 Å². The summed E-state index contributed by atoms with van der Waals surface area (Å²) >= 11 is 23.1. The highest BCUT2D eigenvalue weighted by Crippen LogP contribution is 2.38. The van der Waals surface area contributed by atoms with Crippen molar-refractivity contribution >= 4 is 56.5 Å². The number of rotatable bonds is 3. The number of benzene rings is 2.